The van der Waals surface area contributed by atoms with E-state index in [2.05, 4.69) is 53.6 Å². The van der Waals surface area contributed by atoms with Gasteiger partial charge in [0.25, 0.3) is 0 Å². The highest BCUT2D eigenvalue weighted by Crippen LogP contribution is 2.28. The van der Waals surface area contributed by atoms with Gasteiger partial charge in [0.15, 0.2) is 0 Å². The Morgan fingerprint density at radius 1 is 1.03 bits per heavy atom. The first-order chi connectivity index (χ1) is 16.5. The zero-order chi connectivity index (χ0) is 23.5. The number of nitrogens with zero attached hydrogens (tertiary/aromatic N) is 6. The van der Waals surface area contributed by atoms with Gasteiger partial charge < -0.3 is 19.9 Å². The molecule has 0 radical (unpaired) electrons. The van der Waals surface area contributed by atoms with Crippen molar-refractivity contribution >= 4 is 40.0 Å². The minimum Gasteiger partial charge on any atom is -0.378 e. The predicted octanol–water partition coefficient (Wildman–Crippen LogP) is 4.29. The van der Waals surface area contributed by atoms with E-state index in [1.54, 1.807) is 0 Å². The number of rotatable bonds is 7. The van der Waals surface area contributed by atoms with Gasteiger partial charge in [0.05, 0.1) is 31.0 Å². The fraction of sp³-hybridized carbons (Fsp3) is 0.320. The first-order valence-corrected chi connectivity index (χ1v) is 11.8. The minimum absolute atomic E-state index is 0.671. The van der Waals surface area contributed by atoms with Gasteiger partial charge in [0.2, 0.25) is 5.95 Å². The molecule has 0 unspecified atom stereocenters. The van der Waals surface area contributed by atoms with E-state index >= 15 is 0 Å². The molecule has 0 aliphatic carbocycles. The van der Waals surface area contributed by atoms with Crippen LogP contribution in [0.4, 0.5) is 17.5 Å². The molecule has 3 heterocycles. The lowest BCUT2D eigenvalue weighted by Crippen LogP contribution is -2.37. The van der Waals surface area contributed by atoms with Gasteiger partial charge in [0, 0.05) is 53.6 Å². The van der Waals surface area contributed by atoms with Gasteiger partial charge in [-0.2, -0.15) is 10.1 Å². The fourth-order valence-corrected chi connectivity index (χ4v) is 4.00. The van der Waals surface area contributed by atoms with Crippen LogP contribution in [0.25, 0.3) is 22.2 Å². The molecule has 1 saturated heterocycles. The molecule has 0 bridgehead atoms. The van der Waals surface area contributed by atoms with Crippen LogP contribution in [0.2, 0.25) is 5.02 Å². The van der Waals surface area contributed by atoms with Gasteiger partial charge in [-0.3, -0.25) is 4.68 Å². The van der Waals surface area contributed by atoms with Crippen molar-refractivity contribution in [1.29, 1.82) is 0 Å². The monoisotopic (exact) mass is 477 g/mol. The van der Waals surface area contributed by atoms with Crippen molar-refractivity contribution in [2.45, 2.75) is 6.54 Å². The number of halogens is 1. The molecule has 1 aliphatic rings. The van der Waals surface area contributed by atoms with E-state index < -0.39 is 0 Å². The smallest absolute Gasteiger partial charge is 0.228 e. The number of morpholine rings is 1. The van der Waals surface area contributed by atoms with Crippen LogP contribution < -0.4 is 10.2 Å². The standard InChI is InChI=1S/C25H28ClN7O/c1-31(2)9-10-33-17-19-4-3-18(15-23(19)30-33)22-16-24(27-21-7-5-20(26)6-8-21)29-25(28-22)32-11-13-34-14-12-32/h3-8,15-17H,9-14H2,1-2H3,(H,27,28,29). The third kappa shape index (κ3) is 5.30. The van der Waals surface area contributed by atoms with E-state index in [0.717, 1.165) is 59.8 Å². The largest absolute Gasteiger partial charge is 0.378 e. The van der Waals surface area contributed by atoms with Gasteiger partial charge >= 0.3 is 0 Å². The molecule has 0 saturated carbocycles. The van der Waals surface area contributed by atoms with E-state index in [1.807, 2.05) is 35.0 Å². The Balaban J connectivity index is 1.49. The van der Waals surface area contributed by atoms with Crippen molar-refractivity contribution in [3.63, 3.8) is 0 Å². The summed E-state index contributed by atoms with van der Waals surface area (Å²) in [5.41, 5.74) is 3.71. The lowest BCUT2D eigenvalue weighted by molar-refractivity contribution is 0.122. The quantitative estimate of drug-likeness (QED) is 0.425. The lowest BCUT2D eigenvalue weighted by Gasteiger charge is -2.27. The van der Waals surface area contributed by atoms with Gasteiger partial charge in [-0.05, 0) is 44.4 Å². The molecule has 0 atom stereocenters. The van der Waals surface area contributed by atoms with E-state index in [9.17, 15) is 0 Å². The number of hydrogen-bond donors (Lipinski definition) is 1. The average molecular weight is 478 g/mol. The van der Waals surface area contributed by atoms with Crippen LogP contribution in [0.5, 0.6) is 0 Å². The summed E-state index contributed by atoms with van der Waals surface area (Å²) in [5, 5.41) is 9.98. The zero-order valence-electron chi connectivity index (χ0n) is 19.4. The second kappa shape index (κ2) is 9.97. The maximum Gasteiger partial charge on any atom is 0.228 e. The van der Waals surface area contributed by atoms with Crippen molar-refractivity contribution in [2.24, 2.45) is 0 Å². The third-order valence-electron chi connectivity index (χ3n) is 5.75. The molecule has 2 aromatic heterocycles. The second-order valence-electron chi connectivity index (χ2n) is 8.64. The lowest BCUT2D eigenvalue weighted by atomic mass is 10.1. The molecule has 176 valence electrons. The van der Waals surface area contributed by atoms with Crippen LogP contribution in [0.1, 0.15) is 0 Å². The van der Waals surface area contributed by atoms with Crippen LogP contribution in [0.15, 0.2) is 54.7 Å². The molecule has 5 rings (SSSR count). The summed E-state index contributed by atoms with van der Waals surface area (Å²) in [4.78, 5) is 14.0. The molecule has 9 heteroatoms. The van der Waals surface area contributed by atoms with E-state index in [4.69, 9.17) is 31.4 Å². The number of aromatic nitrogens is 4. The summed E-state index contributed by atoms with van der Waals surface area (Å²) >= 11 is 6.05. The topological polar surface area (TPSA) is 71.3 Å². The summed E-state index contributed by atoms with van der Waals surface area (Å²) < 4.78 is 7.52. The van der Waals surface area contributed by atoms with Crippen LogP contribution >= 0.6 is 11.6 Å². The van der Waals surface area contributed by atoms with Crippen molar-refractivity contribution in [1.82, 2.24) is 24.6 Å². The van der Waals surface area contributed by atoms with Crippen LogP contribution in [0, 0.1) is 0 Å². The Morgan fingerprint density at radius 3 is 2.59 bits per heavy atom. The maximum absolute atomic E-state index is 6.05. The first-order valence-electron chi connectivity index (χ1n) is 11.4. The first kappa shape index (κ1) is 22.6. The third-order valence-corrected chi connectivity index (χ3v) is 6.00. The normalized spacial score (nSPS) is 14.2. The number of nitrogens with one attached hydrogen (secondary N) is 1. The molecule has 4 aromatic rings. The molecular weight excluding hydrogens is 450 g/mol. The summed E-state index contributed by atoms with van der Waals surface area (Å²) in [6.45, 7) is 4.66. The highest BCUT2D eigenvalue weighted by atomic mass is 35.5. The maximum atomic E-state index is 6.05. The predicted molar refractivity (Wildman–Crippen MR) is 137 cm³/mol. The molecule has 34 heavy (non-hydrogen) atoms. The molecule has 1 aliphatic heterocycles. The van der Waals surface area contributed by atoms with Gasteiger partial charge in [0.1, 0.15) is 5.82 Å². The van der Waals surface area contributed by atoms with Crippen molar-refractivity contribution in [2.75, 3.05) is 57.2 Å². The molecule has 1 N–H and O–H groups in total. The second-order valence-corrected chi connectivity index (χ2v) is 9.08. The number of anilines is 3. The summed E-state index contributed by atoms with van der Waals surface area (Å²) in [6, 6.07) is 15.9. The Kier molecular flexibility index (Phi) is 6.62. The van der Waals surface area contributed by atoms with Crippen LogP contribution in [0.3, 0.4) is 0 Å². The van der Waals surface area contributed by atoms with E-state index in [1.165, 1.54) is 0 Å². The molecule has 1 fully saturated rings. The molecule has 8 nitrogen and oxygen atoms in total. The van der Waals surface area contributed by atoms with Gasteiger partial charge in [-0.1, -0.05) is 23.7 Å². The van der Waals surface area contributed by atoms with Crippen LogP contribution in [-0.4, -0.2) is 71.6 Å². The number of fused-ring (bicyclic) bond motifs is 1. The molecule has 0 amide bonds. The molecular formula is C25H28ClN7O. The highest BCUT2D eigenvalue weighted by Gasteiger charge is 2.17. The molecule has 0 spiro atoms. The van der Waals surface area contributed by atoms with Gasteiger partial charge in [-0.25, -0.2) is 4.98 Å². The van der Waals surface area contributed by atoms with Crippen molar-refractivity contribution in [3.05, 3.63) is 59.8 Å². The van der Waals surface area contributed by atoms with Gasteiger partial charge in [-0.15, -0.1) is 0 Å². The Labute approximate surface area is 204 Å². The fourth-order valence-electron chi connectivity index (χ4n) is 3.88. The number of hydrogen-bond acceptors (Lipinski definition) is 7. The number of ether oxygens (including phenoxy) is 1. The average Bonchev–Trinajstić information content (AvgIpc) is 3.27. The zero-order valence-corrected chi connectivity index (χ0v) is 20.2. The van der Waals surface area contributed by atoms with Crippen LogP contribution in [-0.2, 0) is 11.3 Å². The van der Waals surface area contributed by atoms with Crippen molar-refractivity contribution < 1.29 is 4.74 Å². The summed E-state index contributed by atoms with van der Waals surface area (Å²) in [6.07, 6.45) is 2.09. The summed E-state index contributed by atoms with van der Waals surface area (Å²) in [7, 11) is 4.14. The SMILES string of the molecule is CN(C)CCn1cc2ccc(-c3cc(Nc4ccc(Cl)cc4)nc(N4CCOCC4)n3)cc2n1. The Morgan fingerprint density at radius 2 is 1.82 bits per heavy atom. The van der Waals surface area contributed by atoms with Crippen molar-refractivity contribution in [3.8, 4) is 11.3 Å². The minimum atomic E-state index is 0.671. The summed E-state index contributed by atoms with van der Waals surface area (Å²) in [5.74, 6) is 1.42. The van der Waals surface area contributed by atoms with E-state index in [-0.39, 0.29) is 0 Å². The number of likely N-dealkylation sites (N-methyl/N-ethyl adjacent to an activating group) is 1. The highest BCUT2D eigenvalue weighted by molar-refractivity contribution is 6.30. The Hall–Kier alpha value is -3.20. The Bertz CT molecular complexity index is 1270. The number of benzene rings is 2. The van der Waals surface area contributed by atoms with E-state index in [0.29, 0.717) is 24.2 Å². The molecule has 2 aromatic carbocycles.